The molecular weight excluding hydrogens is 296 g/mol. The number of nitrogens with zero attached hydrogens (tertiary/aromatic N) is 4. The Morgan fingerprint density at radius 3 is 2.39 bits per heavy atom. The van der Waals surface area contributed by atoms with Crippen LogP contribution in [0.15, 0.2) is 47.5 Å². The molecule has 0 saturated carbocycles. The van der Waals surface area contributed by atoms with Gasteiger partial charge in [-0.3, -0.25) is 9.97 Å². The van der Waals surface area contributed by atoms with Crippen LogP contribution in [-0.2, 0) is 0 Å². The van der Waals surface area contributed by atoms with Crippen LogP contribution >= 0.6 is 15.9 Å². The summed E-state index contributed by atoms with van der Waals surface area (Å²) < 4.78 is 6.34. The average molecular weight is 303 g/mol. The highest BCUT2D eigenvalue weighted by atomic mass is 79.9. The van der Waals surface area contributed by atoms with Crippen molar-refractivity contribution in [2.75, 3.05) is 0 Å². The maximum atomic E-state index is 5.53. The predicted octanol–water partition coefficient (Wildman–Crippen LogP) is 2.97. The van der Waals surface area contributed by atoms with Crippen molar-refractivity contribution < 1.29 is 4.74 Å². The first-order chi connectivity index (χ1) is 8.81. The van der Waals surface area contributed by atoms with E-state index in [1.54, 1.807) is 30.9 Å². The molecule has 0 spiro atoms. The highest BCUT2D eigenvalue weighted by Gasteiger charge is 2.02. The van der Waals surface area contributed by atoms with Crippen molar-refractivity contribution in [2.24, 2.45) is 0 Å². The van der Waals surface area contributed by atoms with Gasteiger partial charge in [-0.15, -0.1) is 0 Å². The highest BCUT2D eigenvalue weighted by molar-refractivity contribution is 9.10. The van der Waals surface area contributed by atoms with Crippen LogP contribution in [0, 0.1) is 0 Å². The highest BCUT2D eigenvalue weighted by Crippen LogP contribution is 2.21. The van der Waals surface area contributed by atoms with Crippen LogP contribution in [0.2, 0.25) is 0 Å². The van der Waals surface area contributed by atoms with Crippen molar-refractivity contribution in [1.82, 2.24) is 19.9 Å². The molecule has 0 amide bonds. The third kappa shape index (κ3) is 2.28. The molecule has 18 heavy (non-hydrogen) atoms. The van der Waals surface area contributed by atoms with Gasteiger partial charge in [0.1, 0.15) is 5.75 Å². The van der Waals surface area contributed by atoms with E-state index in [2.05, 4.69) is 35.9 Å². The summed E-state index contributed by atoms with van der Waals surface area (Å²) in [4.78, 5) is 16.5. The molecule has 5 nitrogen and oxygen atoms in total. The Bertz CT molecular complexity index is 687. The zero-order valence-electron chi connectivity index (χ0n) is 9.12. The average Bonchev–Trinajstić information content (AvgIpc) is 2.41. The second-order valence-electron chi connectivity index (χ2n) is 3.49. The molecule has 0 aliphatic carbocycles. The monoisotopic (exact) mass is 302 g/mol. The maximum Gasteiger partial charge on any atom is 0.321 e. The summed E-state index contributed by atoms with van der Waals surface area (Å²) in [6, 6.07) is 5.74. The molecule has 0 bridgehead atoms. The molecule has 6 heteroatoms. The number of ether oxygens (including phenoxy) is 1. The molecule has 0 unspecified atom stereocenters. The third-order valence-electron chi connectivity index (χ3n) is 2.25. The Balaban J connectivity index is 1.92. The van der Waals surface area contributed by atoms with Gasteiger partial charge in [-0.1, -0.05) is 0 Å². The lowest BCUT2D eigenvalue weighted by atomic mass is 10.3. The zero-order chi connectivity index (χ0) is 12.4. The summed E-state index contributed by atoms with van der Waals surface area (Å²) >= 11 is 3.26. The minimum atomic E-state index is 0.293. The predicted molar refractivity (Wildman–Crippen MR) is 69.3 cm³/mol. The number of hydrogen-bond acceptors (Lipinski definition) is 5. The van der Waals surface area contributed by atoms with Crippen LogP contribution < -0.4 is 4.74 Å². The zero-order valence-corrected chi connectivity index (χ0v) is 10.7. The van der Waals surface area contributed by atoms with Gasteiger partial charge in [-0.25, -0.2) is 9.97 Å². The number of benzene rings is 1. The Morgan fingerprint density at radius 1 is 0.889 bits per heavy atom. The second kappa shape index (κ2) is 4.66. The Kier molecular flexibility index (Phi) is 2.85. The fourth-order valence-corrected chi connectivity index (χ4v) is 1.67. The Hall–Kier alpha value is -2.08. The van der Waals surface area contributed by atoms with Gasteiger partial charge in [-0.2, -0.15) is 0 Å². The summed E-state index contributed by atoms with van der Waals surface area (Å²) in [5.74, 6) is 0.630. The number of rotatable bonds is 2. The fraction of sp³-hybridized carbons (Fsp3) is 0. The van der Waals surface area contributed by atoms with Gasteiger partial charge in [0.15, 0.2) is 0 Å². The number of hydrogen-bond donors (Lipinski definition) is 0. The molecule has 0 saturated heterocycles. The van der Waals surface area contributed by atoms with Gasteiger partial charge >= 0.3 is 6.01 Å². The quantitative estimate of drug-likeness (QED) is 0.728. The van der Waals surface area contributed by atoms with Crippen molar-refractivity contribution >= 4 is 27.0 Å². The first kappa shape index (κ1) is 11.0. The number of fused-ring (bicyclic) bond motifs is 1. The normalized spacial score (nSPS) is 10.5. The third-order valence-corrected chi connectivity index (χ3v) is 2.66. The molecule has 3 rings (SSSR count). The van der Waals surface area contributed by atoms with E-state index < -0.39 is 0 Å². The molecule has 0 N–H and O–H groups in total. The van der Waals surface area contributed by atoms with Crippen LogP contribution in [0.3, 0.4) is 0 Å². The van der Waals surface area contributed by atoms with E-state index in [1.807, 2.05) is 12.1 Å². The van der Waals surface area contributed by atoms with E-state index >= 15 is 0 Å². The topological polar surface area (TPSA) is 60.8 Å². The molecule has 0 aliphatic heterocycles. The molecular formula is C12H7BrN4O. The van der Waals surface area contributed by atoms with Crippen LogP contribution in [0.4, 0.5) is 0 Å². The smallest absolute Gasteiger partial charge is 0.321 e. The van der Waals surface area contributed by atoms with E-state index in [4.69, 9.17) is 4.74 Å². The van der Waals surface area contributed by atoms with Gasteiger partial charge in [0.2, 0.25) is 0 Å². The molecule has 3 aromatic rings. The van der Waals surface area contributed by atoms with E-state index in [1.165, 1.54) is 0 Å². The van der Waals surface area contributed by atoms with Crippen LogP contribution in [0.25, 0.3) is 11.0 Å². The van der Waals surface area contributed by atoms with Crippen molar-refractivity contribution in [1.29, 1.82) is 0 Å². The van der Waals surface area contributed by atoms with Crippen LogP contribution in [0.1, 0.15) is 0 Å². The SMILES string of the molecule is Brc1cnc(Oc2ccc3nccnc3c2)nc1. The lowest BCUT2D eigenvalue weighted by Gasteiger charge is -2.04. The summed E-state index contributed by atoms with van der Waals surface area (Å²) in [5, 5.41) is 0. The minimum absolute atomic E-state index is 0.293. The molecule has 0 fully saturated rings. The molecule has 2 aromatic heterocycles. The van der Waals surface area contributed by atoms with E-state index in [-0.39, 0.29) is 0 Å². The molecule has 1 aromatic carbocycles. The van der Waals surface area contributed by atoms with Gasteiger partial charge in [-0.05, 0) is 28.1 Å². The maximum absolute atomic E-state index is 5.53. The first-order valence-corrected chi connectivity index (χ1v) is 5.97. The Labute approximate surface area is 111 Å². The Morgan fingerprint density at radius 2 is 1.61 bits per heavy atom. The lowest BCUT2D eigenvalue weighted by Crippen LogP contribution is -1.91. The standard InChI is InChI=1S/C12H7BrN4O/c13-8-6-16-12(17-7-8)18-9-1-2-10-11(5-9)15-4-3-14-10/h1-7H. The van der Waals surface area contributed by atoms with Crippen molar-refractivity contribution in [3.05, 3.63) is 47.5 Å². The van der Waals surface area contributed by atoms with Crippen LogP contribution in [0.5, 0.6) is 11.8 Å². The number of halogens is 1. The van der Waals surface area contributed by atoms with Crippen molar-refractivity contribution in [2.45, 2.75) is 0 Å². The first-order valence-electron chi connectivity index (χ1n) is 5.17. The van der Waals surface area contributed by atoms with Crippen LogP contribution in [-0.4, -0.2) is 19.9 Å². The molecule has 0 radical (unpaired) electrons. The van der Waals surface area contributed by atoms with Gasteiger partial charge < -0.3 is 4.74 Å². The largest absolute Gasteiger partial charge is 0.424 e. The van der Waals surface area contributed by atoms with Crippen molar-refractivity contribution in [3.63, 3.8) is 0 Å². The molecule has 0 atom stereocenters. The summed E-state index contributed by atoms with van der Waals surface area (Å²) in [6.07, 6.45) is 6.55. The van der Waals surface area contributed by atoms with E-state index in [9.17, 15) is 0 Å². The van der Waals surface area contributed by atoms with E-state index in [0.717, 1.165) is 15.5 Å². The van der Waals surface area contributed by atoms with E-state index in [0.29, 0.717) is 11.8 Å². The molecule has 0 aliphatic rings. The van der Waals surface area contributed by atoms with Gasteiger partial charge in [0, 0.05) is 30.9 Å². The summed E-state index contributed by atoms with van der Waals surface area (Å²) in [7, 11) is 0. The van der Waals surface area contributed by atoms with Crippen molar-refractivity contribution in [3.8, 4) is 11.8 Å². The number of aromatic nitrogens is 4. The van der Waals surface area contributed by atoms with Gasteiger partial charge in [0.05, 0.1) is 15.5 Å². The molecule has 2 heterocycles. The second-order valence-corrected chi connectivity index (χ2v) is 4.41. The summed E-state index contributed by atoms with van der Waals surface area (Å²) in [6.45, 7) is 0. The molecule has 88 valence electrons. The van der Waals surface area contributed by atoms with Gasteiger partial charge in [0.25, 0.3) is 0 Å². The minimum Gasteiger partial charge on any atom is -0.424 e. The lowest BCUT2D eigenvalue weighted by molar-refractivity contribution is 0.442. The summed E-state index contributed by atoms with van der Waals surface area (Å²) in [5.41, 5.74) is 1.59. The fourth-order valence-electron chi connectivity index (χ4n) is 1.47.